The lowest BCUT2D eigenvalue weighted by molar-refractivity contribution is -0.139. The van der Waals surface area contributed by atoms with Gasteiger partial charge in [-0.25, -0.2) is 13.8 Å². The Bertz CT molecular complexity index is 882. The fourth-order valence-corrected chi connectivity index (χ4v) is 3.34. The Labute approximate surface area is 148 Å². The second kappa shape index (κ2) is 6.31. The van der Waals surface area contributed by atoms with Crippen LogP contribution in [0.2, 0.25) is 0 Å². The van der Waals surface area contributed by atoms with Gasteiger partial charge in [0.2, 0.25) is 5.91 Å². The Morgan fingerprint density at radius 1 is 1.31 bits per heavy atom. The average molecular weight is 366 g/mol. The monoisotopic (exact) mass is 366 g/mol. The number of carbonyl (C=O) groups excluding carboxylic acids is 2. The quantitative estimate of drug-likeness (QED) is 0.841. The van der Waals surface area contributed by atoms with Crippen molar-refractivity contribution in [1.29, 1.82) is 0 Å². The lowest BCUT2D eigenvalue weighted by atomic mass is 10.0. The van der Waals surface area contributed by atoms with E-state index < -0.39 is 29.2 Å². The summed E-state index contributed by atoms with van der Waals surface area (Å²) in [5, 5.41) is 10.2. The van der Waals surface area contributed by atoms with Crippen LogP contribution in [0.3, 0.4) is 0 Å². The molecule has 1 fully saturated rings. The Balaban J connectivity index is 1.97. The molecule has 2 aromatic rings. The number of primary amides is 1. The number of likely N-dealkylation sites (tertiary alicyclic amines) is 1. The summed E-state index contributed by atoms with van der Waals surface area (Å²) in [7, 11) is 0. The number of nitrogens with zero attached hydrogens (tertiary/aromatic N) is 3. The van der Waals surface area contributed by atoms with E-state index in [-0.39, 0.29) is 36.9 Å². The first kappa shape index (κ1) is 18.2. The van der Waals surface area contributed by atoms with Gasteiger partial charge in [-0.2, -0.15) is 0 Å². The van der Waals surface area contributed by atoms with Gasteiger partial charge in [0, 0.05) is 25.1 Å². The Hall–Kier alpha value is -2.55. The molecule has 0 bridgehead atoms. The molecule has 0 saturated carbocycles. The van der Waals surface area contributed by atoms with Crippen molar-refractivity contribution in [1.82, 2.24) is 14.5 Å². The van der Waals surface area contributed by atoms with E-state index >= 15 is 0 Å². The first-order valence-electron chi connectivity index (χ1n) is 8.26. The van der Waals surface area contributed by atoms with Gasteiger partial charge in [-0.3, -0.25) is 9.59 Å². The Kier molecular flexibility index (Phi) is 4.43. The number of hydrogen-bond donors (Lipinski definition) is 2. The minimum atomic E-state index is -1.75. The van der Waals surface area contributed by atoms with Gasteiger partial charge in [0.05, 0.1) is 23.9 Å². The largest absolute Gasteiger partial charge is 0.378 e. The standard InChI is InChI=1S/C17H20F2N4O3/c1-9(2)14(15(24)22-4-3-17(26,7-22)16(20)25)23-8-21-12-5-10(18)11(19)6-13(12)23/h5-6,8-9,14,26H,3-4,7H2,1-2H3,(H2,20,25). The molecule has 0 aliphatic carbocycles. The summed E-state index contributed by atoms with van der Waals surface area (Å²) in [5.41, 5.74) is 3.99. The molecule has 1 saturated heterocycles. The van der Waals surface area contributed by atoms with E-state index in [1.165, 1.54) is 15.8 Å². The summed E-state index contributed by atoms with van der Waals surface area (Å²) < 4.78 is 28.6. The second-order valence-corrected chi connectivity index (χ2v) is 7.00. The number of nitrogens with two attached hydrogens (primary N) is 1. The van der Waals surface area contributed by atoms with Crippen molar-refractivity contribution < 1.29 is 23.5 Å². The Morgan fingerprint density at radius 3 is 2.54 bits per heavy atom. The zero-order valence-electron chi connectivity index (χ0n) is 14.4. The average Bonchev–Trinajstić information content (AvgIpc) is 3.13. The lowest BCUT2D eigenvalue weighted by Crippen LogP contribution is -2.48. The maximum atomic E-state index is 13.7. The third kappa shape index (κ3) is 2.92. The molecule has 2 unspecified atom stereocenters. The molecule has 0 spiro atoms. The smallest absolute Gasteiger partial charge is 0.251 e. The molecule has 3 N–H and O–H groups in total. The van der Waals surface area contributed by atoms with E-state index in [2.05, 4.69) is 4.98 Å². The predicted octanol–water partition coefficient (Wildman–Crippen LogP) is 0.960. The van der Waals surface area contributed by atoms with Gasteiger partial charge in [0.15, 0.2) is 17.2 Å². The minimum absolute atomic E-state index is 0.0589. The lowest BCUT2D eigenvalue weighted by Gasteiger charge is -2.28. The van der Waals surface area contributed by atoms with Gasteiger partial charge in [0.1, 0.15) is 6.04 Å². The summed E-state index contributed by atoms with van der Waals surface area (Å²) >= 11 is 0. The highest BCUT2D eigenvalue weighted by Crippen LogP contribution is 2.30. The molecule has 2 amide bonds. The Morgan fingerprint density at radius 2 is 1.96 bits per heavy atom. The molecule has 26 heavy (non-hydrogen) atoms. The highest BCUT2D eigenvalue weighted by atomic mass is 19.2. The number of hydrogen-bond acceptors (Lipinski definition) is 4. The van der Waals surface area contributed by atoms with Crippen LogP contribution in [-0.2, 0) is 9.59 Å². The predicted molar refractivity (Wildman–Crippen MR) is 88.9 cm³/mol. The number of benzene rings is 1. The van der Waals surface area contributed by atoms with Crippen LogP contribution in [0, 0.1) is 17.6 Å². The van der Waals surface area contributed by atoms with Crippen molar-refractivity contribution in [3.63, 3.8) is 0 Å². The summed E-state index contributed by atoms with van der Waals surface area (Å²) in [6.45, 7) is 3.60. The highest BCUT2D eigenvalue weighted by Gasteiger charge is 2.45. The van der Waals surface area contributed by atoms with Gasteiger partial charge in [-0.15, -0.1) is 0 Å². The van der Waals surface area contributed by atoms with Crippen LogP contribution in [-0.4, -0.2) is 50.1 Å². The van der Waals surface area contributed by atoms with Crippen molar-refractivity contribution in [2.75, 3.05) is 13.1 Å². The molecule has 1 aromatic heterocycles. The van der Waals surface area contributed by atoms with E-state index in [1.807, 2.05) is 13.8 Å². The van der Waals surface area contributed by atoms with Crippen molar-refractivity contribution in [2.24, 2.45) is 11.7 Å². The molecule has 2 atom stereocenters. The fourth-order valence-electron chi connectivity index (χ4n) is 3.34. The van der Waals surface area contributed by atoms with E-state index in [1.54, 1.807) is 0 Å². The number of halogens is 2. The maximum Gasteiger partial charge on any atom is 0.251 e. The molecule has 0 radical (unpaired) electrons. The number of carbonyl (C=O) groups is 2. The number of imidazole rings is 1. The van der Waals surface area contributed by atoms with Gasteiger partial charge in [-0.1, -0.05) is 13.8 Å². The molecule has 140 valence electrons. The number of amides is 2. The van der Waals surface area contributed by atoms with Crippen molar-refractivity contribution in [3.05, 3.63) is 30.1 Å². The summed E-state index contributed by atoms with van der Waals surface area (Å²) in [6, 6.07) is 1.23. The molecule has 1 aliphatic heterocycles. The third-order valence-electron chi connectivity index (χ3n) is 4.82. The molecular formula is C17H20F2N4O3. The minimum Gasteiger partial charge on any atom is -0.378 e. The maximum absolute atomic E-state index is 13.7. The molecule has 1 aromatic carbocycles. The normalized spacial score (nSPS) is 21.5. The number of aromatic nitrogens is 2. The molecule has 1 aliphatic rings. The van der Waals surface area contributed by atoms with Crippen molar-refractivity contribution in [2.45, 2.75) is 31.9 Å². The third-order valence-corrected chi connectivity index (χ3v) is 4.82. The second-order valence-electron chi connectivity index (χ2n) is 7.00. The van der Waals surface area contributed by atoms with Crippen LogP contribution in [0.1, 0.15) is 26.3 Å². The van der Waals surface area contributed by atoms with Gasteiger partial charge in [-0.05, 0) is 5.92 Å². The summed E-state index contributed by atoms with van der Waals surface area (Å²) in [5.74, 6) is -3.46. The van der Waals surface area contributed by atoms with Crippen LogP contribution in [0.25, 0.3) is 11.0 Å². The van der Waals surface area contributed by atoms with E-state index in [0.29, 0.717) is 5.52 Å². The summed E-state index contributed by atoms with van der Waals surface area (Å²) in [4.78, 5) is 29.9. The number of β-amino-alcohol motifs (C(OH)–C–C–N with tert-alkyl or cyclic N) is 1. The van der Waals surface area contributed by atoms with Gasteiger partial charge in [0.25, 0.3) is 5.91 Å². The molecule has 9 heteroatoms. The van der Waals surface area contributed by atoms with Crippen LogP contribution >= 0.6 is 0 Å². The van der Waals surface area contributed by atoms with Crippen molar-refractivity contribution >= 4 is 22.8 Å². The van der Waals surface area contributed by atoms with Crippen LogP contribution in [0.5, 0.6) is 0 Å². The number of fused-ring (bicyclic) bond motifs is 1. The van der Waals surface area contributed by atoms with Crippen LogP contribution < -0.4 is 5.73 Å². The number of aliphatic hydroxyl groups is 1. The first-order valence-corrected chi connectivity index (χ1v) is 8.26. The van der Waals surface area contributed by atoms with E-state index in [4.69, 9.17) is 5.73 Å². The van der Waals surface area contributed by atoms with Gasteiger partial charge >= 0.3 is 0 Å². The highest BCUT2D eigenvalue weighted by molar-refractivity contribution is 5.88. The fraction of sp³-hybridized carbons (Fsp3) is 0.471. The molecule has 3 rings (SSSR count). The summed E-state index contributed by atoms with van der Waals surface area (Å²) in [6.07, 6.45) is 1.42. The van der Waals surface area contributed by atoms with Gasteiger partial charge < -0.3 is 20.3 Å². The zero-order valence-corrected chi connectivity index (χ0v) is 14.4. The van der Waals surface area contributed by atoms with Crippen LogP contribution in [0.4, 0.5) is 8.78 Å². The first-order chi connectivity index (χ1) is 12.1. The zero-order chi connectivity index (χ0) is 19.2. The molecule has 7 nitrogen and oxygen atoms in total. The van der Waals surface area contributed by atoms with E-state index in [0.717, 1.165) is 12.1 Å². The number of rotatable bonds is 4. The molecular weight excluding hydrogens is 346 g/mol. The van der Waals surface area contributed by atoms with Crippen molar-refractivity contribution in [3.8, 4) is 0 Å². The molecule has 2 heterocycles. The SMILES string of the molecule is CC(C)C(C(=O)N1CCC(O)(C(N)=O)C1)n1cnc2cc(F)c(F)cc21. The van der Waals surface area contributed by atoms with E-state index in [9.17, 15) is 23.5 Å². The topological polar surface area (TPSA) is 101 Å². The van der Waals surface area contributed by atoms with Crippen LogP contribution in [0.15, 0.2) is 18.5 Å².